The maximum atomic E-state index is 12.1. The number of benzene rings is 1. The highest BCUT2D eigenvalue weighted by Crippen LogP contribution is 2.31. The number of nitrogens with zero attached hydrogens (tertiary/aromatic N) is 2. The van der Waals surface area contributed by atoms with Gasteiger partial charge in [0, 0.05) is 23.5 Å². The largest absolute Gasteiger partial charge is 0.475 e. The van der Waals surface area contributed by atoms with Gasteiger partial charge in [-0.3, -0.25) is 5.32 Å². The van der Waals surface area contributed by atoms with Crippen LogP contribution in [-0.4, -0.2) is 26.7 Å². The van der Waals surface area contributed by atoms with Gasteiger partial charge in [0.2, 0.25) is 5.82 Å². The molecule has 3 rings (SSSR count). The fourth-order valence-electron chi connectivity index (χ4n) is 2.40. The van der Waals surface area contributed by atoms with Gasteiger partial charge in [0.15, 0.2) is 5.82 Å². The summed E-state index contributed by atoms with van der Waals surface area (Å²) in [5.74, 6) is -0.481. The summed E-state index contributed by atoms with van der Waals surface area (Å²) in [4.78, 5) is 27.3. The molecule has 126 valence electrons. The predicted octanol–water partition coefficient (Wildman–Crippen LogP) is 3.60. The maximum absolute atomic E-state index is 12.1. The Balaban J connectivity index is 1.70. The summed E-state index contributed by atoms with van der Waals surface area (Å²) in [5, 5.41) is 15.1. The molecule has 8 heteroatoms. The number of carbonyl (C=O) groups excluding carboxylic acids is 1. The van der Waals surface area contributed by atoms with Gasteiger partial charge in [-0.05, 0) is 49.4 Å². The number of amides is 2. The van der Waals surface area contributed by atoms with E-state index in [0.29, 0.717) is 23.2 Å². The smallest absolute Gasteiger partial charge is 0.372 e. The number of urea groups is 1. The molecule has 1 aromatic heterocycles. The van der Waals surface area contributed by atoms with E-state index < -0.39 is 12.0 Å². The van der Waals surface area contributed by atoms with Gasteiger partial charge >= 0.3 is 12.0 Å². The lowest BCUT2D eigenvalue weighted by atomic mass is 10.2. The molecule has 0 bridgehead atoms. The second-order valence-corrected chi connectivity index (χ2v) is 6.33. The van der Waals surface area contributed by atoms with Gasteiger partial charge in [-0.15, -0.1) is 0 Å². The molecular formula is C16H17ClN4O3. The van der Waals surface area contributed by atoms with E-state index >= 15 is 0 Å². The molecule has 2 amide bonds. The third-order valence-electron chi connectivity index (χ3n) is 3.80. The molecule has 1 aliphatic rings. The van der Waals surface area contributed by atoms with Crippen molar-refractivity contribution in [2.45, 2.75) is 26.3 Å². The fourth-order valence-corrected chi connectivity index (χ4v) is 2.63. The van der Waals surface area contributed by atoms with Crippen LogP contribution >= 0.6 is 11.6 Å². The zero-order chi connectivity index (χ0) is 17.3. The molecular weight excluding hydrogens is 332 g/mol. The first-order valence-electron chi connectivity index (χ1n) is 7.57. The van der Waals surface area contributed by atoms with Crippen LogP contribution < -0.4 is 10.6 Å². The van der Waals surface area contributed by atoms with E-state index in [2.05, 4.69) is 15.6 Å². The van der Waals surface area contributed by atoms with E-state index in [9.17, 15) is 14.7 Å². The van der Waals surface area contributed by atoms with Crippen molar-refractivity contribution in [3.8, 4) is 0 Å². The Kier molecular flexibility index (Phi) is 4.44. The summed E-state index contributed by atoms with van der Waals surface area (Å²) in [5.41, 5.74) is 1.44. The van der Waals surface area contributed by atoms with Crippen LogP contribution in [0.3, 0.4) is 0 Å². The standard InChI is InChI=1S/C16H17ClN4O3/c1-9-6-11(17)4-5-12(9)18-16(24)20-13-8-21(7-10-2-3-10)14(19-13)15(22)23/h4-6,8,10H,2-3,7H2,1H3,(H,22,23)(H2,18,20,24). The molecule has 0 aliphatic heterocycles. The molecule has 1 heterocycles. The first kappa shape index (κ1) is 16.3. The monoisotopic (exact) mass is 348 g/mol. The summed E-state index contributed by atoms with van der Waals surface area (Å²) in [6.07, 6.45) is 3.74. The van der Waals surface area contributed by atoms with E-state index in [4.69, 9.17) is 11.6 Å². The van der Waals surface area contributed by atoms with Crippen LogP contribution in [0.25, 0.3) is 0 Å². The minimum atomic E-state index is -1.11. The molecule has 1 aliphatic carbocycles. The number of rotatable bonds is 5. The van der Waals surface area contributed by atoms with Crippen molar-refractivity contribution in [3.05, 3.63) is 40.8 Å². The van der Waals surface area contributed by atoms with Crippen molar-refractivity contribution in [1.29, 1.82) is 0 Å². The molecule has 7 nitrogen and oxygen atoms in total. The average Bonchev–Trinajstić information content (AvgIpc) is 3.22. The number of imidazole rings is 1. The van der Waals surface area contributed by atoms with Crippen LogP contribution in [0.4, 0.5) is 16.3 Å². The molecule has 0 atom stereocenters. The van der Waals surface area contributed by atoms with E-state index in [0.717, 1.165) is 18.4 Å². The van der Waals surface area contributed by atoms with Crippen LogP contribution in [-0.2, 0) is 6.54 Å². The molecule has 1 saturated carbocycles. The predicted molar refractivity (Wildman–Crippen MR) is 90.7 cm³/mol. The molecule has 1 aromatic carbocycles. The third-order valence-corrected chi connectivity index (χ3v) is 4.03. The van der Waals surface area contributed by atoms with Crippen LogP contribution in [0.1, 0.15) is 29.0 Å². The fraction of sp³-hybridized carbons (Fsp3) is 0.312. The number of aryl methyl sites for hydroxylation is 1. The SMILES string of the molecule is Cc1cc(Cl)ccc1NC(=O)Nc1cn(CC2CC2)c(C(=O)O)n1. The summed E-state index contributed by atoms with van der Waals surface area (Å²) >= 11 is 5.88. The molecule has 2 aromatic rings. The molecule has 1 fully saturated rings. The first-order valence-corrected chi connectivity index (χ1v) is 7.95. The molecule has 0 saturated heterocycles. The van der Waals surface area contributed by atoms with Gasteiger partial charge in [0.05, 0.1) is 0 Å². The number of hydrogen-bond acceptors (Lipinski definition) is 3. The Morgan fingerprint density at radius 3 is 2.75 bits per heavy atom. The minimum absolute atomic E-state index is 0.0696. The molecule has 3 N–H and O–H groups in total. The quantitative estimate of drug-likeness (QED) is 0.769. The highest BCUT2D eigenvalue weighted by molar-refractivity contribution is 6.30. The van der Waals surface area contributed by atoms with Crippen molar-refractivity contribution < 1.29 is 14.7 Å². The summed E-state index contributed by atoms with van der Waals surface area (Å²) < 4.78 is 1.57. The maximum Gasteiger partial charge on any atom is 0.372 e. The Morgan fingerprint density at radius 2 is 2.12 bits per heavy atom. The van der Waals surface area contributed by atoms with Crippen LogP contribution in [0.5, 0.6) is 0 Å². The summed E-state index contributed by atoms with van der Waals surface area (Å²) in [7, 11) is 0. The van der Waals surface area contributed by atoms with Gasteiger partial charge in [0.25, 0.3) is 0 Å². The van der Waals surface area contributed by atoms with Crippen LogP contribution in [0.2, 0.25) is 5.02 Å². The van der Waals surface area contributed by atoms with Crippen molar-refractivity contribution in [3.63, 3.8) is 0 Å². The van der Waals surface area contributed by atoms with Crippen LogP contribution in [0.15, 0.2) is 24.4 Å². The molecule has 0 radical (unpaired) electrons. The number of carbonyl (C=O) groups is 2. The van der Waals surface area contributed by atoms with E-state index in [-0.39, 0.29) is 11.6 Å². The number of carboxylic acids is 1. The number of aromatic carboxylic acids is 1. The third kappa shape index (κ3) is 3.86. The lowest BCUT2D eigenvalue weighted by Crippen LogP contribution is -2.20. The Morgan fingerprint density at radius 1 is 1.38 bits per heavy atom. The number of carboxylic acid groups (broad SMARTS) is 1. The molecule has 24 heavy (non-hydrogen) atoms. The van der Waals surface area contributed by atoms with Crippen molar-refractivity contribution in [2.75, 3.05) is 10.6 Å². The number of nitrogens with one attached hydrogen (secondary N) is 2. The first-order chi connectivity index (χ1) is 11.4. The van der Waals surface area contributed by atoms with Crippen molar-refractivity contribution >= 4 is 35.1 Å². The van der Waals surface area contributed by atoms with E-state index in [1.807, 2.05) is 6.92 Å². The lowest BCUT2D eigenvalue weighted by Gasteiger charge is -2.08. The van der Waals surface area contributed by atoms with E-state index in [1.54, 1.807) is 29.0 Å². The molecule has 0 unspecified atom stereocenters. The second-order valence-electron chi connectivity index (χ2n) is 5.89. The zero-order valence-corrected chi connectivity index (χ0v) is 13.8. The van der Waals surface area contributed by atoms with Gasteiger partial charge in [-0.1, -0.05) is 11.6 Å². The van der Waals surface area contributed by atoms with Crippen molar-refractivity contribution in [2.24, 2.45) is 5.92 Å². The topological polar surface area (TPSA) is 96.2 Å². The van der Waals surface area contributed by atoms with Gasteiger partial charge < -0.3 is 15.0 Å². The Hall–Kier alpha value is -2.54. The van der Waals surface area contributed by atoms with Gasteiger partial charge in [0.1, 0.15) is 0 Å². The number of halogens is 1. The lowest BCUT2D eigenvalue weighted by molar-refractivity contribution is 0.0677. The normalized spacial score (nSPS) is 13.6. The summed E-state index contributed by atoms with van der Waals surface area (Å²) in [6.45, 7) is 2.43. The number of aromatic nitrogens is 2. The molecule has 0 spiro atoms. The average molecular weight is 349 g/mol. The highest BCUT2D eigenvalue weighted by Gasteiger charge is 2.25. The number of hydrogen-bond donors (Lipinski definition) is 3. The van der Waals surface area contributed by atoms with E-state index in [1.165, 1.54) is 0 Å². The van der Waals surface area contributed by atoms with Gasteiger partial charge in [-0.25, -0.2) is 14.6 Å². The van der Waals surface area contributed by atoms with Crippen molar-refractivity contribution in [1.82, 2.24) is 9.55 Å². The second kappa shape index (κ2) is 6.52. The van der Waals surface area contributed by atoms with Crippen LogP contribution in [0, 0.1) is 12.8 Å². The summed E-state index contributed by atoms with van der Waals surface area (Å²) in [6, 6.07) is 4.63. The van der Waals surface area contributed by atoms with Gasteiger partial charge in [-0.2, -0.15) is 0 Å². The zero-order valence-electron chi connectivity index (χ0n) is 13.0. The number of anilines is 2. The minimum Gasteiger partial charge on any atom is -0.475 e. The Labute approximate surface area is 143 Å². The highest BCUT2D eigenvalue weighted by atomic mass is 35.5. The Bertz CT molecular complexity index is 799.